The molecular formula is C19H22N6OS. The third kappa shape index (κ3) is 3.95. The SMILES string of the molecule is CCNC(=NCc1cn2ccsc2n1)NCC1CC(=O)Nc2ccccc21. The zero-order valence-electron chi connectivity index (χ0n) is 15.1. The maximum Gasteiger partial charge on any atom is 0.225 e. The molecule has 0 saturated heterocycles. The number of imidazole rings is 1. The summed E-state index contributed by atoms with van der Waals surface area (Å²) in [4.78, 5) is 22.2. The number of nitrogens with one attached hydrogen (secondary N) is 3. The van der Waals surface area contributed by atoms with Crippen LogP contribution in [0.1, 0.15) is 30.5 Å². The Morgan fingerprint density at radius 3 is 3.15 bits per heavy atom. The fourth-order valence-corrected chi connectivity index (χ4v) is 3.98. The lowest BCUT2D eigenvalue weighted by atomic mass is 9.90. The van der Waals surface area contributed by atoms with Crippen LogP contribution in [0.3, 0.4) is 0 Å². The van der Waals surface area contributed by atoms with Gasteiger partial charge in [-0.3, -0.25) is 9.20 Å². The van der Waals surface area contributed by atoms with Crippen LogP contribution < -0.4 is 16.0 Å². The highest BCUT2D eigenvalue weighted by molar-refractivity contribution is 7.15. The molecule has 7 nitrogen and oxygen atoms in total. The number of para-hydroxylation sites is 1. The van der Waals surface area contributed by atoms with Gasteiger partial charge in [0, 0.05) is 48.9 Å². The van der Waals surface area contributed by atoms with Gasteiger partial charge in [0.2, 0.25) is 5.91 Å². The van der Waals surface area contributed by atoms with Crippen LogP contribution in [0.25, 0.3) is 4.96 Å². The van der Waals surface area contributed by atoms with E-state index in [-0.39, 0.29) is 11.8 Å². The van der Waals surface area contributed by atoms with E-state index < -0.39 is 0 Å². The zero-order chi connectivity index (χ0) is 18.6. The first-order valence-corrected chi connectivity index (χ1v) is 9.93. The van der Waals surface area contributed by atoms with E-state index in [4.69, 9.17) is 0 Å². The number of guanidine groups is 1. The van der Waals surface area contributed by atoms with Gasteiger partial charge in [0.05, 0.1) is 12.2 Å². The van der Waals surface area contributed by atoms with Gasteiger partial charge in [-0.2, -0.15) is 0 Å². The Kier molecular flexibility index (Phi) is 5.06. The topological polar surface area (TPSA) is 82.8 Å². The number of benzene rings is 1. The number of aromatic nitrogens is 2. The standard InChI is InChI=1S/C19H22N6OS/c1-2-20-18(22-11-14-12-25-7-8-27-19(25)23-14)21-10-13-9-17(26)24-16-6-4-3-5-15(13)16/h3-8,12-13H,2,9-11H2,1H3,(H,24,26)(H2,20,21,22). The second kappa shape index (κ2) is 7.79. The molecule has 0 saturated carbocycles. The minimum absolute atomic E-state index is 0.0560. The Morgan fingerprint density at radius 2 is 2.30 bits per heavy atom. The molecule has 0 spiro atoms. The Labute approximate surface area is 161 Å². The molecule has 2 aromatic heterocycles. The minimum atomic E-state index is 0.0560. The Bertz CT molecular complexity index is 947. The normalized spacial score (nSPS) is 16.9. The van der Waals surface area contributed by atoms with Crippen molar-refractivity contribution < 1.29 is 4.79 Å². The number of amides is 1. The van der Waals surface area contributed by atoms with Crippen molar-refractivity contribution in [3.63, 3.8) is 0 Å². The van der Waals surface area contributed by atoms with E-state index in [1.165, 1.54) is 0 Å². The smallest absolute Gasteiger partial charge is 0.225 e. The molecule has 3 heterocycles. The molecule has 8 heteroatoms. The van der Waals surface area contributed by atoms with E-state index in [2.05, 4.69) is 32.0 Å². The number of anilines is 1. The number of carbonyl (C=O) groups is 1. The first-order valence-electron chi connectivity index (χ1n) is 9.05. The molecular weight excluding hydrogens is 360 g/mol. The van der Waals surface area contributed by atoms with E-state index in [1.54, 1.807) is 11.3 Å². The van der Waals surface area contributed by atoms with Gasteiger partial charge in [-0.1, -0.05) is 18.2 Å². The van der Waals surface area contributed by atoms with Crippen molar-refractivity contribution in [2.45, 2.75) is 25.8 Å². The molecule has 1 unspecified atom stereocenters. The summed E-state index contributed by atoms with van der Waals surface area (Å²) in [5, 5.41) is 11.6. The predicted molar refractivity (Wildman–Crippen MR) is 108 cm³/mol. The number of thiazole rings is 1. The van der Waals surface area contributed by atoms with Gasteiger partial charge in [0.15, 0.2) is 10.9 Å². The van der Waals surface area contributed by atoms with Crippen molar-refractivity contribution in [2.75, 3.05) is 18.4 Å². The molecule has 1 atom stereocenters. The van der Waals surface area contributed by atoms with Gasteiger partial charge in [-0.25, -0.2) is 9.98 Å². The number of nitrogens with zero attached hydrogens (tertiary/aromatic N) is 3. The third-order valence-corrected chi connectivity index (χ3v) is 5.28. The fraction of sp³-hybridized carbons (Fsp3) is 0.316. The van der Waals surface area contributed by atoms with E-state index in [1.807, 2.05) is 47.3 Å². The first kappa shape index (κ1) is 17.5. The lowest BCUT2D eigenvalue weighted by Gasteiger charge is -2.26. The van der Waals surface area contributed by atoms with Gasteiger partial charge in [0.25, 0.3) is 0 Å². The molecule has 0 bridgehead atoms. The molecule has 1 aromatic carbocycles. The van der Waals surface area contributed by atoms with Crippen molar-refractivity contribution in [3.8, 4) is 0 Å². The second-order valence-corrected chi connectivity index (χ2v) is 7.31. The molecule has 3 aromatic rings. The van der Waals surface area contributed by atoms with Gasteiger partial charge < -0.3 is 16.0 Å². The molecule has 0 aliphatic carbocycles. The number of hydrogen-bond acceptors (Lipinski definition) is 4. The van der Waals surface area contributed by atoms with Crippen LogP contribution >= 0.6 is 11.3 Å². The van der Waals surface area contributed by atoms with Gasteiger partial charge in [-0.15, -0.1) is 11.3 Å². The minimum Gasteiger partial charge on any atom is -0.357 e. The Hall–Kier alpha value is -2.87. The third-order valence-electron chi connectivity index (χ3n) is 4.51. The quantitative estimate of drug-likeness (QED) is 0.468. The molecule has 1 amide bonds. The maximum absolute atomic E-state index is 12.0. The largest absolute Gasteiger partial charge is 0.357 e. The van der Waals surface area contributed by atoms with Crippen LogP contribution in [0.4, 0.5) is 5.69 Å². The van der Waals surface area contributed by atoms with Gasteiger partial charge in [-0.05, 0) is 18.6 Å². The number of aliphatic imine (C=N–C) groups is 1. The summed E-state index contributed by atoms with van der Waals surface area (Å²) in [6.45, 7) is 3.96. The molecule has 0 radical (unpaired) electrons. The Balaban J connectivity index is 1.44. The molecule has 1 aliphatic heterocycles. The van der Waals surface area contributed by atoms with Crippen LogP contribution in [0.5, 0.6) is 0 Å². The van der Waals surface area contributed by atoms with Crippen molar-refractivity contribution in [2.24, 2.45) is 4.99 Å². The summed E-state index contributed by atoms with van der Waals surface area (Å²) < 4.78 is 2.01. The second-order valence-electron chi connectivity index (χ2n) is 6.44. The molecule has 140 valence electrons. The average molecular weight is 382 g/mol. The van der Waals surface area contributed by atoms with Crippen LogP contribution in [0.15, 0.2) is 47.0 Å². The van der Waals surface area contributed by atoms with Crippen LogP contribution in [-0.2, 0) is 11.3 Å². The van der Waals surface area contributed by atoms with E-state index in [0.29, 0.717) is 19.5 Å². The highest BCUT2D eigenvalue weighted by Gasteiger charge is 2.24. The zero-order valence-corrected chi connectivity index (χ0v) is 15.9. The number of carbonyl (C=O) groups excluding carboxylic acids is 1. The van der Waals surface area contributed by atoms with Crippen LogP contribution in [0.2, 0.25) is 0 Å². The number of fused-ring (bicyclic) bond motifs is 2. The highest BCUT2D eigenvalue weighted by atomic mass is 32.1. The van der Waals surface area contributed by atoms with E-state index in [0.717, 1.165) is 34.4 Å². The van der Waals surface area contributed by atoms with Crippen molar-refractivity contribution in [3.05, 3.63) is 53.3 Å². The molecule has 3 N–H and O–H groups in total. The highest BCUT2D eigenvalue weighted by Crippen LogP contribution is 2.31. The number of hydrogen-bond donors (Lipinski definition) is 3. The summed E-state index contributed by atoms with van der Waals surface area (Å²) >= 11 is 1.61. The first-order chi connectivity index (χ1) is 13.2. The molecule has 0 fully saturated rings. The van der Waals surface area contributed by atoms with Crippen molar-refractivity contribution in [1.29, 1.82) is 0 Å². The van der Waals surface area contributed by atoms with Crippen LogP contribution in [0, 0.1) is 0 Å². The average Bonchev–Trinajstić information content (AvgIpc) is 3.25. The lowest BCUT2D eigenvalue weighted by Crippen LogP contribution is -2.40. The monoisotopic (exact) mass is 382 g/mol. The van der Waals surface area contributed by atoms with E-state index in [9.17, 15) is 4.79 Å². The Morgan fingerprint density at radius 1 is 1.41 bits per heavy atom. The van der Waals surface area contributed by atoms with Crippen LogP contribution in [-0.4, -0.2) is 34.3 Å². The van der Waals surface area contributed by atoms with Crippen molar-refractivity contribution in [1.82, 2.24) is 20.0 Å². The summed E-state index contributed by atoms with van der Waals surface area (Å²) in [5.74, 6) is 0.912. The summed E-state index contributed by atoms with van der Waals surface area (Å²) in [6.07, 6.45) is 4.47. The molecule has 4 rings (SSSR count). The predicted octanol–water partition coefficient (Wildman–Crippen LogP) is 2.58. The maximum atomic E-state index is 12.0. The molecule has 1 aliphatic rings. The summed E-state index contributed by atoms with van der Waals surface area (Å²) in [7, 11) is 0. The van der Waals surface area contributed by atoms with Gasteiger partial charge >= 0.3 is 0 Å². The summed E-state index contributed by atoms with van der Waals surface area (Å²) in [6, 6.07) is 7.97. The molecule has 27 heavy (non-hydrogen) atoms. The number of rotatable bonds is 5. The summed E-state index contributed by atoms with van der Waals surface area (Å²) in [5.41, 5.74) is 3.00. The van der Waals surface area contributed by atoms with Gasteiger partial charge in [0.1, 0.15) is 0 Å². The van der Waals surface area contributed by atoms with Crippen molar-refractivity contribution >= 4 is 33.9 Å². The lowest BCUT2D eigenvalue weighted by molar-refractivity contribution is -0.116. The fourth-order valence-electron chi connectivity index (χ4n) is 3.26. The van der Waals surface area contributed by atoms with E-state index >= 15 is 0 Å².